The number of rotatable bonds is 13. The normalized spacial score (nSPS) is 14.0. The zero-order valence-corrected chi connectivity index (χ0v) is 25.9. The Morgan fingerprint density at radius 3 is 2.02 bits per heavy atom. The van der Waals surface area contributed by atoms with E-state index in [4.69, 9.17) is 15.2 Å². The van der Waals surface area contributed by atoms with Gasteiger partial charge in [0.05, 0.1) is 42.1 Å². The maximum absolute atomic E-state index is 13.5. The zero-order valence-electron chi connectivity index (χ0n) is 25.1. The third-order valence-electron chi connectivity index (χ3n) is 7.46. The Kier molecular flexibility index (Phi) is 9.34. The number of nitrogens with one attached hydrogen (secondary N) is 2. The van der Waals surface area contributed by atoms with E-state index < -0.39 is 21.5 Å². The molecule has 1 aliphatic rings. The summed E-state index contributed by atoms with van der Waals surface area (Å²) >= 11 is 0. The highest BCUT2D eigenvalue weighted by atomic mass is 32.2. The highest BCUT2D eigenvalue weighted by Gasteiger charge is 2.44. The van der Waals surface area contributed by atoms with Gasteiger partial charge < -0.3 is 25.8 Å². The molecule has 1 heterocycles. The van der Waals surface area contributed by atoms with Gasteiger partial charge in [0.2, 0.25) is 15.9 Å². The van der Waals surface area contributed by atoms with E-state index >= 15 is 0 Å². The Bertz CT molecular complexity index is 1630. The number of amides is 2. The second kappa shape index (κ2) is 12.8. The van der Waals surface area contributed by atoms with E-state index in [2.05, 4.69) is 10.6 Å². The number of carbonyl (C=O) groups is 2. The molecule has 4 rings (SSSR count). The minimum absolute atomic E-state index is 0.208. The molecule has 0 aliphatic carbocycles. The first-order chi connectivity index (χ1) is 20.5. The van der Waals surface area contributed by atoms with Crippen molar-refractivity contribution < 1.29 is 27.5 Å². The summed E-state index contributed by atoms with van der Waals surface area (Å²) in [5, 5.41) is 6.32. The van der Waals surface area contributed by atoms with Gasteiger partial charge in [0.15, 0.2) is 11.5 Å². The molecule has 228 valence electrons. The summed E-state index contributed by atoms with van der Waals surface area (Å²) < 4.78 is 38.6. The summed E-state index contributed by atoms with van der Waals surface area (Å²) in [5.41, 5.74) is 8.21. The predicted octanol–water partition coefficient (Wildman–Crippen LogP) is 5.23. The molecular formula is C32H38N4O6S. The summed E-state index contributed by atoms with van der Waals surface area (Å²) in [6, 6.07) is 19.6. The monoisotopic (exact) mass is 606 g/mol. The number of fused-ring (bicyclic) bond motifs is 1. The van der Waals surface area contributed by atoms with Crippen molar-refractivity contribution in [1.29, 1.82) is 0 Å². The number of nitrogens with zero attached hydrogens (tertiary/aromatic N) is 1. The fourth-order valence-corrected chi connectivity index (χ4v) is 6.90. The number of nitrogens with two attached hydrogens (primary N) is 1. The summed E-state index contributed by atoms with van der Waals surface area (Å²) in [4.78, 5) is 26.0. The molecule has 4 N–H and O–H groups in total. The fraction of sp³-hybridized carbons (Fsp3) is 0.312. The molecule has 0 unspecified atom stereocenters. The van der Waals surface area contributed by atoms with E-state index in [-0.39, 0.29) is 18.7 Å². The van der Waals surface area contributed by atoms with Gasteiger partial charge in [-0.1, -0.05) is 44.2 Å². The van der Waals surface area contributed by atoms with Crippen molar-refractivity contribution in [2.24, 2.45) is 5.73 Å². The maximum atomic E-state index is 13.5. The summed E-state index contributed by atoms with van der Waals surface area (Å²) in [6.07, 6.45) is 1.47. The average molecular weight is 607 g/mol. The smallest absolute Gasteiger partial charge is 0.258 e. The molecule has 0 saturated carbocycles. The quantitative estimate of drug-likeness (QED) is 0.227. The lowest BCUT2D eigenvalue weighted by Gasteiger charge is -2.40. The van der Waals surface area contributed by atoms with Crippen LogP contribution in [0.4, 0.5) is 17.1 Å². The molecule has 0 bridgehead atoms. The number of hydrogen-bond donors (Lipinski definition) is 3. The molecule has 1 aliphatic heterocycles. The van der Waals surface area contributed by atoms with Crippen LogP contribution >= 0.6 is 0 Å². The SMILES string of the molecule is CCOc1cc2c(cc1OCC)/C(=C(/Nc1ccc(N(C(CC)(CC)C(N)=O)S(C)(=O)=O)cc1)c1ccccc1)C(=O)N2. The standard InChI is InChI=1S/C32H38N4O6S/c1-6-32(7-2,31(33)38)36(43(5,39)40)23-17-15-22(16-18-23)34-29(21-13-11-10-12-14-21)28-24-19-26(41-8-3)27(42-9-4)20-25(24)35-30(28)37/h10-20,34H,6-9H2,1-5H3,(H2,33,38)(H,35,37)/b29-28-. The highest BCUT2D eigenvalue weighted by Crippen LogP contribution is 2.44. The lowest BCUT2D eigenvalue weighted by molar-refractivity contribution is -0.123. The van der Waals surface area contributed by atoms with E-state index in [0.29, 0.717) is 58.6 Å². The van der Waals surface area contributed by atoms with Crippen molar-refractivity contribution >= 4 is 50.2 Å². The Hall–Kier alpha value is -4.51. The second-order valence-electron chi connectivity index (χ2n) is 10.1. The molecule has 0 spiro atoms. The third-order valence-corrected chi connectivity index (χ3v) is 8.68. The van der Waals surface area contributed by atoms with E-state index in [9.17, 15) is 18.0 Å². The molecule has 2 amide bonds. The average Bonchev–Trinajstić information content (AvgIpc) is 3.29. The van der Waals surface area contributed by atoms with Gasteiger partial charge in [0.1, 0.15) is 5.54 Å². The van der Waals surface area contributed by atoms with Gasteiger partial charge in [0, 0.05) is 17.3 Å². The molecule has 0 atom stereocenters. The van der Waals surface area contributed by atoms with Crippen molar-refractivity contribution in [2.75, 3.05) is 34.4 Å². The minimum Gasteiger partial charge on any atom is -0.490 e. The molecule has 3 aromatic rings. The molecule has 0 saturated heterocycles. The fourth-order valence-electron chi connectivity index (χ4n) is 5.41. The largest absolute Gasteiger partial charge is 0.490 e. The lowest BCUT2D eigenvalue weighted by atomic mass is 9.91. The molecule has 43 heavy (non-hydrogen) atoms. The minimum atomic E-state index is -3.87. The number of benzene rings is 3. The Balaban J connectivity index is 1.84. The van der Waals surface area contributed by atoms with Crippen molar-refractivity contribution in [1.82, 2.24) is 0 Å². The van der Waals surface area contributed by atoms with Crippen LogP contribution in [0.25, 0.3) is 11.3 Å². The van der Waals surface area contributed by atoms with Crippen LogP contribution < -0.4 is 30.1 Å². The van der Waals surface area contributed by atoms with Crippen LogP contribution in [0.1, 0.15) is 51.7 Å². The molecule has 0 radical (unpaired) electrons. The van der Waals surface area contributed by atoms with Crippen LogP contribution in [0.2, 0.25) is 0 Å². The van der Waals surface area contributed by atoms with Gasteiger partial charge in [-0.2, -0.15) is 0 Å². The summed E-state index contributed by atoms with van der Waals surface area (Å²) in [5.74, 6) is 0.0519. The van der Waals surface area contributed by atoms with Crippen LogP contribution in [-0.4, -0.2) is 45.2 Å². The van der Waals surface area contributed by atoms with Gasteiger partial charge in [-0.3, -0.25) is 13.9 Å². The van der Waals surface area contributed by atoms with E-state index in [1.165, 1.54) is 0 Å². The Labute approximate surface area is 252 Å². The van der Waals surface area contributed by atoms with Crippen molar-refractivity contribution in [2.45, 2.75) is 46.1 Å². The zero-order chi connectivity index (χ0) is 31.4. The first kappa shape index (κ1) is 31.4. The number of sulfonamides is 1. The Morgan fingerprint density at radius 1 is 0.930 bits per heavy atom. The van der Waals surface area contributed by atoms with Crippen LogP contribution in [-0.2, 0) is 19.6 Å². The molecule has 0 aromatic heterocycles. The number of anilines is 3. The van der Waals surface area contributed by atoms with Crippen molar-refractivity contribution in [3.05, 3.63) is 77.9 Å². The first-order valence-electron chi connectivity index (χ1n) is 14.2. The number of primary amides is 1. The van der Waals surface area contributed by atoms with E-state index in [1.54, 1.807) is 50.2 Å². The first-order valence-corrected chi connectivity index (χ1v) is 16.1. The van der Waals surface area contributed by atoms with Gasteiger partial charge >= 0.3 is 0 Å². The van der Waals surface area contributed by atoms with Crippen LogP contribution in [0.15, 0.2) is 66.7 Å². The van der Waals surface area contributed by atoms with Crippen LogP contribution in [0.5, 0.6) is 11.5 Å². The molecule has 11 heteroatoms. The van der Waals surface area contributed by atoms with E-state index in [0.717, 1.165) is 16.1 Å². The molecule has 3 aromatic carbocycles. The molecular weight excluding hydrogens is 568 g/mol. The topological polar surface area (TPSA) is 140 Å². The number of ether oxygens (including phenoxy) is 2. The van der Waals surface area contributed by atoms with Gasteiger partial charge in [0.25, 0.3) is 5.91 Å². The van der Waals surface area contributed by atoms with E-state index in [1.807, 2.05) is 44.2 Å². The van der Waals surface area contributed by atoms with Crippen LogP contribution in [0.3, 0.4) is 0 Å². The maximum Gasteiger partial charge on any atom is 0.258 e. The van der Waals surface area contributed by atoms with Gasteiger partial charge in [-0.25, -0.2) is 8.42 Å². The molecule has 0 fully saturated rings. The van der Waals surface area contributed by atoms with Crippen LogP contribution in [0, 0.1) is 0 Å². The van der Waals surface area contributed by atoms with Crippen molar-refractivity contribution in [3.63, 3.8) is 0 Å². The third kappa shape index (κ3) is 6.17. The second-order valence-corrected chi connectivity index (χ2v) is 11.9. The highest BCUT2D eigenvalue weighted by molar-refractivity contribution is 7.92. The number of hydrogen-bond acceptors (Lipinski definition) is 7. The molecule has 10 nitrogen and oxygen atoms in total. The van der Waals surface area contributed by atoms with Gasteiger partial charge in [-0.15, -0.1) is 0 Å². The summed E-state index contributed by atoms with van der Waals surface area (Å²) in [6.45, 7) is 8.09. The van der Waals surface area contributed by atoms with Gasteiger partial charge in [-0.05, 0) is 62.6 Å². The summed E-state index contributed by atoms with van der Waals surface area (Å²) in [7, 11) is -3.87. The Morgan fingerprint density at radius 2 is 1.51 bits per heavy atom. The predicted molar refractivity (Wildman–Crippen MR) is 171 cm³/mol. The van der Waals surface area contributed by atoms with Crippen molar-refractivity contribution in [3.8, 4) is 11.5 Å². The lowest BCUT2D eigenvalue weighted by Crippen LogP contribution is -2.59. The number of carbonyl (C=O) groups excluding carboxylic acids is 2.